The van der Waals surface area contributed by atoms with Crippen molar-refractivity contribution in [2.24, 2.45) is 7.05 Å². The molecule has 0 aromatic carbocycles. The SMILES string of the molecule is CCN(CC)CCNCc1ccnn1C.Cl.Cl. The second kappa shape index (κ2) is 10.8. The van der Waals surface area contributed by atoms with Gasteiger partial charge in [-0.2, -0.15) is 5.10 Å². The van der Waals surface area contributed by atoms with E-state index < -0.39 is 0 Å². The zero-order valence-corrected chi connectivity index (χ0v) is 12.5. The predicted molar refractivity (Wildman–Crippen MR) is 77.2 cm³/mol. The predicted octanol–water partition coefficient (Wildman–Crippen LogP) is 1.70. The number of nitrogens with one attached hydrogen (secondary N) is 1. The van der Waals surface area contributed by atoms with Gasteiger partial charge in [0.25, 0.3) is 0 Å². The maximum absolute atomic E-state index is 4.13. The fraction of sp³-hybridized carbons (Fsp3) is 0.727. The van der Waals surface area contributed by atoms with Crippen LogP contribution in [0.2, 0.25) is 0 Å². The van der Waals surface area contributed by atoms with Gasteiger partial charge in [0.1, 0.15) is 0 Å². The summed E-state index contributed by atoms with van der Waals surface area (Å²) in [6.45, 7) is 9.71. The Morgan fingerprint density at radius 3 is 2.41 bits per heavy atom. The first-order valence-corrected chi connectivity index (χ1v) is 5.67. The highest BCUT2D eigenvalue weighted by Gasteiger charge is 1.99. The molecular weight excluding hydrogens is 259 g/mol. The minimum atomic E-state index is 0. The van der Waals surface area contributed by atoms with E-state index in [1.165, 1.54) is 5.69 Å². The third-order valence-corrected chi connectivity index (χ3v) is 2.73. The van der Waals surface area contributed by atoms with Gasteiger partial charge in [0, 0.05) is 32.9 Å². The van der Waals surface area contributed by atoms with Gasteiger partial charge < -0.3 is 10.2 Å². The first-order chi connectivity index (χ1) is 7.27. The number of halogens is 2. The fourth-order valence-electron chi connectivity index (χ4n) is 1.57. The molecule has 102 valence electrons. The van der Waals surface area contributed by atoms with E-state index in [1.54, 1.807) is 0 Å². The number of rotatable bonds is 7. The van der Waals surface area contributed by atoms with Crippen LogP contribution in [0, 0.1) is 0 Å². The lowest BCUT2D eigenvalue weighted by Crippen LogP contribution is -2.31. The summed E-state index contributed by atoms with van der Waals surface area (Å²) in [6, 6.07) is 2.05. The van der Waals surface area contributed by atoms with Crippen LogP contribution in [0.3, 0.4) is 0 Å². The molecule has 0 fully saturated rings. The Morgan fingerprint density at radius 1 is 1.29 bits per heavy atom. The van der Waals surface area contributed by atoms with Gasteiger partial charge in [-0.1, -0.05) is 13.8 Å². The van der Waals surface area contributed by atoms with Gasteiger partial charge in [0.05, 0.1) is 5.69 Å². The average Bonchev–Trinajstić information content (AvgIpc) is 2.65. The molecule has 1 N–H and O–H groups in total. The molecule has 0 aliphatic carbocycles. The lowest BCUT2D eigenvalue weighted by molar-refractivity contribution is 0.301. The van der Waals surface area contributed by atoms with Crippen molar-refractivity contribution in [3.8, 4) is 0 Å². The van der Waals surface area contributed by atoms with Gasteiger partial charge in [-0.05, 0) is 19.2 Å². The van der Waals surface area contributed by atoms with Crippen molar-refractivity contribution in [2.75, 3.05) is 26.2 Å². The van der Waals surface area contributed by atoms with Crippen molar-refractivity contribution in [3.63, 3.8) is 0 Å². The van der Waals surface area contributed by atoms with Crippen LogP contribution in [0.25, 0.3) is 0 Å². The Kier molecular flexibility index (Phi) is 12.2. The summed E-state index contributed by atoms with van der Waals surface area (Å²) in [4.78, 5) is 2.41. The molecule has 1 rings (SSSR count). The van der Waals surface area contributed by atoms with Gasteiger partial charge in [-0.15, -0.1) is 24.8 Å². The summed E-state index contributed by atoms with van der Waals surface area (Å²) in [7, 11) is 1.97. The largest absolute Gasteiger partial charge is 0.310 e. The molecule has 0 saturated heterocycles. The normalized spacial score (nSPS) is 9.88. The number of nitrogens with zero attached hydrogens (tertiary/aromatic N) is 3. The molecule has 0 radical (unpaired) electrons. The van der Waals surface area contributed by atoms with E-state index in [1.807, 2.05) is 24.0 Å². The molecule has 17 heavy (non-hydrogen) atoms. The summed E-state index contributed by atoms with van der Waals surface area (Å²) in [6.07, 6.45) is 1.83. The Labute approximate surface area is 117 Å². The Bertz CT molecular complexity index is 274. The van der Waals surface area contributed by atoms with E-state index in [0.29, 0.717) is 0 Å². The second-order valence-electron chi connectivity index (χ2n) is 3.65. The Hall–Kier alpha value is -0.290. The van der Waals surface area contributed by atoms with Crippen molar-refractivity contribution >= 4 is 24.8 Å². The summed E-state index contributed by atoms with van der Waals surface area (Å²) >= 11 is 0. The van der Waals surface area contributed by atoms with Crippen molar-refractivity contribution in [1.82, 2.24) is 20.0 Å². The smallest absolute Gasteiger partial charge is 0.0518 e. The molecule has 0 aliphatic rings. The summed E-state index contributed by atoms with van der Waals surface area (Å²) < 4.78 is 1.91. The third kappa shape index (κ3) is 6.88. The van der Waals surface area contributed by atoms with E-state index >= 15 is 0 Å². The van der Waals surface area contributed by atoms with E-state index in [4.69, 9.17) is 0 Å². The van der Waals surface area contributed by atoms with E-state index in [-0.39, 0.29) is 24.8 Å². The van der Waals surface area contributed by atoms with Gasteiger partial charge in [-0.25, -0.2) is 0 Å². The molecule has 6 heteroatoms. The van der Waals surface area contributed by atoms with Crippen molar-refractivity contribution in [1.29, 1.82) is 0 Å². The van der Waals surface area contributed by atoms with Crippen LogP contribution in [0.1, 0.15) is 19.5 Å². The number of likely N-dealkylation sites (N-methyl/N-ethyl adjacent to an activating group) is 1. The van der Waals surface area contributed by atoms with Crippen molar-refractivity contribution in [2.45, 2.75) is 20.4 Å². The van der Waals surface area contributed by atoms with Crippen molar-refractivity contribution in [3.05, 3.63) is 18.0 Å². The standard InChI is InChI=1S/C11H22N4.2ClH/c1-4-15(5-2)9-8-12-10-11-6-7-13-14(11)3;;/h6-7,12H,4-5,8-10H2,1-3H3;2*1H. The summed E-state index contributed by atoms with van der Waals surface area (Å²) in [5.41, 5.74) is 1.23. The molecule has 0 saturated carbocycles. The third-order valence-electron chi connectivity index (χ3n) is 2.73. The van der Waals surface area contributed by atoms with E-state index in [0.717, 1.165) is 32.7 Å². The molecule has 4 nitrogen and oxygen atoms in total. The molecule has 0 amide bonds. The average molecular weight is 283 g/mol. The lowest BCUT2D eigenvalue weighted by atomic mass is 10.4. The van der Waals surface area contributed by atoms with Crippen LogP contribution in [-0.2, 0) is 13.6 Å². The molecule has 1 aromatic heterocycles. The Morgan fingerprint density at radius 2 is 1.94 bits per heavy atom. The number of aryl methyl sites for hydroxylation is 1. The van der Waals surface area contributed by atoms with Crippen LogP contribution in [0.5, 0.6) is 0 Å². The second-order valence-corrected chi connectivity index (χ2v) is 3.65. The molecular formula is C11H24Cl2N4. The van der Waals surface area contributed by atoms with Crippen LogP contribution in [0.15, 0.2) is 12.3 Å². The minimum Gasteiger partial charge on any atom is -0.310 e. The highest BCUT2D eigenvalue weighted by Crippen LogP contribution is 1.94. The topological polar surface area (TPSA) is 33.1 Å². The monoisotopic (exact) mass is 282 g/mol. The van der Waals surface area contributed by atoms with Crippen LogP contribution in [0.4, 0.5) is 0 Å². The Balaban J connectivity index is 0. The first-order valence-electron chi connectivity index (χ1n) is 5.67. The number of aromatic nitrogens is 2. The summed E-state index contributed by atoms with van der Waals surface area (Å²) in [5, 5.41) is 7.55. The molecule has 0 unspecified atom stereocenters. The van der Waals surface area contributed by atoms with Crippen LogP contribution >= 0.6 is 24.8 Å². The molecule has 1 aromatic rings. The first kappa shape index (κ1) is 19.1. The highest BCUT2D eigenvalue weighted by molar-refractivity contribution is 5.85. The summed E-state index contributed by atoms with van der Waals surface area (Å²) in [5.74, 6) is 0. The van der Waals surface area contributed by atoms with Crippen LogP contribution < -0.4 is 5.32 Å². The van der Waals surface area contributed by atoms with Crippen molar-refractivity contribution < 1.29 is 0 Å². The van der Waals surface area contributed by atoms with Gasteiger partial charge in [0.15, 0.2) is 0 Å². The maximum Gasteiger partial charge on any atom is 0.0518 e. The number of hydrogen-bond acceptors (Lipinski definition) is 3. The zero-order valence-electron chi connectivity index (χ0n) is 10.8. The molecule has 0 bridgehead atoms. The van der Waals surface area contributed by atoms with Gasteiger partial charge in [-0.3, -0.25) is 4.68 Å². The lowest BCUT2D eigenvalue weighted by Gasteiger charge is -2.17. The molecule has 0 aliphatic heterocycles. The number of hydrogen-bond donors (Lipinski definition) is 1. The highest BCUT2D eigenvalue weighted by atomic mass is 35.5. The molecule has 0 atom stereocenters. The van der Waals surface area contributed by atoms with Gasteiger partial charge >= 0.3 is 0 Å². The molecule has 0 spiro atoms. The molecule has 1 heterocycles. The maximum atomic E-state index is 4.13. The van der Waals surface area contributed by atoms with E-state index in [9.17, 15) is 0 Å². The van der Waals surface area contributed by atoms with Crippen LogP contribution in [-0.4, -0.2) is 40.9 Å². The quantitative estimate of drug-likeness (QED) is 0.773. The fourth-order valence-corrected chi connectivity index (χ4v) is 1.57. The minimum absolute atomic E-state index is 0. The van der Waals surface area contributed by atoms with E-state index in [2.05, 4.69) is 29.2 Å². The van der Waals surface area contributed by atoms with Gasteiger partial charge in [0.2, 0.25) is 0 Å². The zero-order chi connectivity index (χ0) is 11.1.